The monoisotopic (exact) mass is 419 g/mol. The summed E-state index contributed by atoms with van der Waals surface area (Å²) in [6.45, 7) is 2.10. The zero-order valence-corrected chi connectivity index (χ0v) is 18.0. The molecule has 0 fully saturated rings. The molecule has 0 bridgehead atoms. The molecule has 2 atom stereocenters. The highest BCUT2D eigenvalue weighted by Crippen LogP contribution is 2.31. The van der Waals surface area contributed by atoms with Gasteiger partial charge in [-0.25, -0.2) is 0 Å². The first-order valence-corrected chi connectivity index (χ1v) is 11.2. The zero-order chi connectivity index (χ0) is 21.6. The normalized spacial score (nSPS) is 19.6. The maximum atomic E-state index is 12.0. The number of nitrogens with zero attached hydrogens (tertiary/aromatic N) is 1. The van der Waals surface area contributed by atoms with Gasteiger partial charge >= 0.3 is 5.97 Å². The van der Waals surface area contributed by atoms with E-state index in [2.05, 4.69) is 29.2 Å². The van der Waals surface area contributed by atoms with E-state index >= 15 is 0 Å². The average Bonchev–Trinajstić information content (AvgIpc) is 2.76. The lowest BCUT2D eigenvalue weighted by molar-refractivity contribution is -0.149. The minimum absolute atomic E-state index is 0.0419. The number of rotatable bonds is 8. The van der Waals surface area contributed by atoms with Crippen LogP contribution in [0.25, 0.3) is 12.2 Å². The average molecular weight is 420 g/mol. The first-order chi connectivity index (χ1) is 15.1. The van der Waals surface area contributed by atoms with Crippen molar-refractivity contribution in [2.24, 2.45) is 0 Å². The molecule has 0 N–H and O–H groups in total. The predicted octanol–water partition coefficient (Wildman–Crippen LogP) is 2.96. The van der Waals surface area contributed by atoms with Crippen molar-refractivity contribution >= 4 is 23.9 Å². The summed E-state index contributed by atoms with van der Waals surface area (Å²) in [6, 6.07) is 10.5. The van der Waals surface area contributed by atoms with Gasteiger partial charge in [-0.15, -0.1) is 0 Å². The summed E-state index contributed by atoms with van der Waals surface area (Å²) in [5.41, 5.74) is 3.11. The second kappa shape index (κ2) is 10.0. The highest BCUT2D eigenvalue weighted by atomic mass is 16.5. The summed E-state index contributed by atoms with van der Waals surface area (Å²) in [4.78, 5) is 28.3. The number of carbonyl (C=O) groups excluding carboxylic acids is 2. The van der Waals surface area contributed by atoms with Crippen LogP contribution in [0, 0.1) is 0 Å². The first-order valence-electron chi connectivity index (χ1n) is 11.2. The van der Waals surface area contributed by atoms with Crippen molar-refractivity contribution < 1.29 is 19.1 Å². The van der Waals surface area contributed by atoms with Crippen molar-refractivity contribution in [2.45, 2.75) is 64.1 Å². The summed E-state index contributed by atoms with van der Waals surface area (Å²) in [5, 5.41) is 1.79. The molecular weight excluding hydrogens is 390 g/mol. The molecule has 0 saturated heterocycles. The second-order valence-electron chi connectivity index (χ2n) is 8.33. The molecule has 0 saturated carbocycles. The maximum absolute atomic E-state index is 12.0. The number of esters is 1. The third-order valence-electron chi connectivity index (χ3n) is 5.93. The Morgan fingerprint density at radius 2 is 2.00 bits per heavy atom. The fraction of sp³-hybridized carbons (Fsp3) is 0.423. The molecule has 2 aromatic rings. The topological polar surface area (TPSA) is 65.5 Å². The van der Waals surface area contributed by atoms with Gasteiger partial charge in [-0.05, 0) is 41.3 Å². The van der Waals surface area contributed by atoms with Crippen molar-refractivity contribution in [3.05, 3.63) is 63.8 Å². The largest absolute Gasteiger partial charge is 0.457 e. The SMILES string of the molecule is CC(=O)OC1CC(OCCCCCc2ccccc2)Cc2ncc3c(c21)=CC(=O)CC=3. The Balaban J connectivity index is 1.37. The Hall–Kier alpha value is -2.79. The lowest BCUT2D eigenvalue weighted by atomic mass is 9.87. The number of hydrogen-bond acceptors (Lipinski definition) is 5. The molecule has 162 valence electrons. The summed E-state index contributed by atoms with van der Waals surface area (Å²) in [5.74, 6) is -0.266. The number of carbonyl (C=O) groups is 2. The zero-order valence-electron chi connectivity index (χ0n) is 18.0. The third kappa shape index (κ3) is 5.47. The van der Waals surface area contributed by atoms with Gasteiger partial charge in [0.25, 0.3) is 0 Å². The van der Waals surface area contributed by atoms with Gasteiger partial charge in [-0.3, -0.25) is 14.6 Å². The van der Waals surface area contributed by atoms with Crippen LogP contribution in [0.4, 0.5) is 0 Å². The van der Waals surface area contributed by atoms with Gasteiger partial charge in [0, 0.05) is 44.6 Å². The van der Waals surface area contributed by atoms with Crippen LogP contribution in [0.3, 0.4) is 0 Å². The van der Waals surface area contributed by atoms with Gasteiger partial charge in [0.15, 0.2) is 5.78 Å². The van der Waals surface area contributed by atoms with Gasteiger partial charge < -0.3 is 9.47 Å². The molecule has 0 amide bonds. The minimum Gasteiger partial charge on any atom is -0.457 e. The highest BCUT2D eigenvalue weighted by molar-refractivity contribution is 6.09. The fourth-order valence-corrected chi connectivity index (χ4v) is 4.47. The Bertz CT molecular complexity index is 1060. The molecule has 2 aliphatic rings. The van der Waals surface area contributed by atoms with E-state index in [1.165, 1.54) is 12.5 Å². The van der Waals surface area contributed by atoms with Crippen molar-refractivity contribution in [1.29, 1.82) is 0 Å². The molecule has 1 aromatic carbocycles. The molecule has 5 heteroatoms. The number of ketones is 1. The number of pyridine rings is 1. The number of aromatic nitrogens is 1. The fourth-order valence-electron chi connectivity index (χ4n) is 4.47. The summed E-state index contributed by atoms with van der Waals surface area (Å²) in [6.07, 6.45) is 10.9. The minimum atomic E-state index is -0.428. The van der Waals surface area contributed by atoms with E-state index in [1.807, 2.05) is 18.3 Å². The smallest absolute Gasteiger partial charge is 0.303 e. The standard InChI is InChI=1S/C26H29NO4/c1-18(28)31-25-16-22(30-13-7-3-6-10-19-8-4-2-5-9-19)15-24-26(25)23-14-21(29)12-11-20(23)17-27-24/h2,4-5,8-9,11,14,17,22,25H,3,6-7,10,12-13,15-16H2,1H3. The molecular formula is C26H29NO4. The summed E-state index contributed by atoms with van der Waals surface area (Å²) < 4.78 is 11.8. The molecule has 4 rings (SSSR count). The van der Waals surface area contributed by atoms with Crippen LogP contribution in [-0.4, -0.2) is 29.4 Å². The van der Waals surface area contributed by atoms with E-state index in [-0.39, 0.29) is 17.9 Å². The lowest BCUT2D eigenvalue weighted by Gasteiger charge is -2.31. The highest BCUT2D eigenvalue weighted by Gasteiger charge is 2.32. The van der Waals surface area contributed by atoms with Gasteiger partial charge in [0.1, 0.15) is 6.10 Å². The molecule has 2 unspecified atom stereocenters. The number of ether oxygens (including phenoxy) is 2. The Kier molecular flexibility index (Phi) is 6.92. The van der Waals surface area contributed by atoms with Crippen LogP contribution in [0.5, 0.6) is 0 Å². The van der Waals surface area contributed by atoms with Crippen molar-refractivity contribution in [3.63, 3.8) is 0 Å². The van der Waals surface area contributed by atoms with Crippen LogP contribution in [-0.2, 0) is 31.9 Å². The van der Waals surface area contributed by atoms with E-state index in [0.717, 1.165) is 47.4 Å². The van der Waals surface area contributed by atoms with Gasteiger partial charge in [0.05, 0.1) is 11.8 Å². The Morgan fingerprint density at radius 1 is 1.16 bits per heavy atom. The van der Waals surface area contributed by atoms with Crippen LogP contribution < -0.4 is 10.4 Å². The van der Waals surface area contributed by atoms with Crippen molar-refractivity contribution in [1.82, 2.24) is 4.98 Å². The number of Topliss-reactive ketones (excluding diaryl/α,β-unsaturated/α-hetero) is 1. The van der Waals surface area contributed by atoms with Crippen LogP contribution in [0.1, 0.15) is 62.0 Å². The van der Waals surface area contributed by atoms with Crippen LogP contribution >= 0.6 is 0 Å². The number of aryl methyl sites for hydroxylation is 1. The Labute approximate surface area is 182 Å². The molecule has 0 aliphatic heterocycles. The molecule has 1 heterocycles. The van der Waals surface area contributed by atoms with E-state index < -0.39 is 6.10 Å². The van der Waals surface area contributed by atoms with Gasteiger partial charge in [-0.1, -0.05) is 42.8 Å². The number of unbranched alkanes of at least 4 members (excludes halogenated alkanes) is 2. The van der Waals surface area contributed by atoms with E-state index in [4.69, 9.17) is 9.47 Å². The van der Waals surface area contributed by atoms with E-state index in [9.17, 15) is 9.59 Å². The van der Waals surface area contributed by atoms with E-state index in [0.29, 0.717) is 25.9 Å². The van der Waals surface area contributed by atoms with Crippen LogP contribution in [0.15, 0.2) is 36.5 Å². The molecule has 0 radical (unpaired) electrons. The Morgan fingerprint density at radius 3 is 2.81 bits per heavy atom. The number of benzene rings is 1. The second-order valence-corrected chi connectivity index (χ2v) is 8.33. The molecule has 1 aromatic heterocycles. The first kappa shape index (κ1) is 21.4. The van der Waals surface area contributed by atoms with Crippen LogP contribution in [0.2, 0.25) is 0 Å². The number of fused-ring (bicyclic) bond motifs is 3. The van der Waals surface area contributed by atoms with Gasteiger partial charge in [0.2, 0.25) is 0 Å². The quantitative estimate of drug-likeness (QED) is 0.486. The van der Waals surface area contributed by atoms with Crippen molar-refractivity contribution in [2.75, 3.05) is 6.61 Å². The van der Waals surface area contributed by atoms with E-state index in [1.54, 1.807) is 6.08 Å². The molecule has 31 heavy (non-hydrogen) atoms. The number of hydrogen-bond donors (Lipinski definition) is 0. The summed E-state index contributed by atoms with van der Waals surface area (Å²) in [7, 11) is 0. The van der Waals surface area contributed by atoms with Crippen molar-refractivity contribution in [3.8, 4) is 0 Å². The van der Waals surface area contributed by atoms with Gasteiger partial charge in [-0.2, -0.15) is 0 Å². The third-order valence-corrected chi connectivity index (χ3v) is 5.93. The maximum Gasteiger partial charge on any atom is 0.303 e. The summed E-state index contributed by atoms with van der Waals surface area (Å²) >= 11 is 0. The lowest BCUT2D eigenvalue weighted by Crippen LogP contribution is -2.41. The molecule has 5 nitrogen and oxygen atoms in total. The predicted molar refractivity (Wildman–Crippen MR) is 119 cm³/mol. The molecule has 2 aliphatic carbocycles. The molecule has 0 spiro atoms.